The van der Waals surface area contributed by atoms with Crippen LogP contribution in [0.5, 0.6) is 0 Å². The molecule has 0 saturated carbocycles. The number of alkyl halides is 1. The normalized spacial score (nSPS) is 11.0. The van der Waals surface area contributed by atoms with Crippen molar-refractivity contribution in [1.82, 2.24) is 8.75 Å². The molecule has 2 aromatic rings. The van der Waals surface area contributed by atoms with Crippen LogP contribution in [0, 0.1) is 0 Å². The van der Waals surface area contributed by atoms with Gasteiger partial charge >= 0.3 is 0 Å². The SMILES string of the molecule is BrCc1cc(Br)c2nsnc2c1Br. The lowest BCUT2D eigenvalue weighted by Gasteiger charge is -2.01. The fourth-order valence-corrected chi connectivity index (χ4v) is 3.73. The average molecular weight is 387 g/mol. The van der Waals surface area contributed by atoms with Gasteiger partial charge in [-0.25, -0.2) is 0 Å². The summed E-state index contributed by atoms with van der Waals surface area (Å²) in [7, 11) is 0. The Morgan fingerprint density at radius 1 is 1.23 bits per heavy atom. The molecular weight excluding hydrogens is 384 g/mol. The second-order valence-corrected chi connectivity index (χ2v) is 5.16. The molecule has 1 aromatic carbocycles. The van der Waals surface area contributed by atoms with Crippen molar-refractivity contribution in [3.05, 3.63) is 20.6 Å². The number of halogens is 3. The summed E-state index contributed by atoms with van der Waals surface area (Å²) in [6.45, 7) is 0. The Morgan fingerprint density at radius 3 is 2.62 bits per heavy atom. The summed E-state index contributed by atoms with van der Waals surface area (Å²) in [5, 5.41) is 0.805. The lowest BCUT2D eigenvalue weighted by Crippen LogP contribution is -1.83. The summed E-state index contributed by atoms with van der Waals surface area (Å²) in [6.07, 6.45) is 0. The summed E-state index contributed by atoms with van der Waals surface area (Å²) in [5.74, 6) is 0. The minimum absolute atomic E-state index is 0.805. The van der Waals surface area contributed by atoms with Crippen molar-refractivity contribution in [3.8, 4) is 0 Å². The minimum atomic E-state index is 0.805. The van der Waals surface area contributed by atoms with E-state index in [0.717, 1.165) is 25.3 Å². The molecular formula is C7H3Br3N2S. The number of nitrogens with zero attached hydrogens (tertiary/aromatic N) is 2. The molecule has 2 rings (SSSR count). The molecule has 0 bridgehead atoms. The third-order valence-corrected chi connectivity index (χ3v) is 4.27. The summed E-state index contributed by atoms with van der Waals surface area (Å²) in [6, 6.07) is 2.04. The van der Waals surface area contributed by atoms with Crippen LogP contribution in [0.3, 0.4) is 0 Å². The summed E-state index contributed by atoms with van der Waals surface area (Å²) >= 11 is 11.6. The molecule has 0 fully saturated rings. The molecule has 0 radical (unpaired) electrons. The van der Waals surface area contributed by atoms with Crippen LogP contribution in [0.4, 0.5) is 0 Å². The third-order valence-electron chi connectivity index (χ3n) is 1.65. The summed E-state index contributed by atoms with van der Waals surface area (Å²) < 4.78 is 10.4. The first-order valence-electron chi connectivity index (χ1n) is 3.39. The van der Waals surface area contributed by atoms with Gasteiger partial charge in [0.2, 0.25) is 0 Å². The van der Waals surface area contributed by atoms with Crippen LogP contribution >= 0.6 is 59.5 Å². The first-order chi connectivity index (χ1) is 6.24. The van der Waals surface area contributed by atoms with E-state index in [1.54, 1.807) is 0 Å². The topological polar surface area (TPSA) is 25.8 Å². The number of hydrogen-bond donors (Lipinski definition) is 0. The molecule has 0 aliphatic rings. The number of aromatic nitrogens is 2. The number of benzene rings is 1. The predicted octanol–water partition coefficient (Wildman–Crippen LogP) is 4.11. The van der Waals surface area contributed by atoms with Crippen molar-refractivity contribution in [1.29, 1.82) is 0 Å². The maximum absolute atomic E-state index is 4.22. The Labute approximate surface area is 104 Å². The van der Waals surface area contributed by atoms with Gasteiger partial charge in [0.15, 0.2) is 0 Å². The Morgan fingerprint density at radius 2 is 1.92 bits per heavy atom. The van der Waals surface area contributed by atoms with Crippen LogP contribution < -0.4 is 0 Å². The maximum atomic E-state index is 4.22. The Kier molecular flexibility index (Phi) is 3.02. The molecule has 13 heavy (non-hydrogen) atoms. The monoisotopic (exact) mass is 384 g/mol. The molecule has 68 valence electrons. The quantitative estimate of drug-likeness (QED) is 0.689. The van der Waals surface area contributed by atoms with E-state index in [4.69, 9.17) is 0 Å². The Balaban J connectivity index is 2.85. The van der Waals surface area contributed by atoms with Crippen LogP contribution in [-0.4, -0.2) is 8.75 Å². The molecule has 6 heteroatoms. The Hall–Kier alpha value is 0.480. The first kappa shape index (κ1) is 10.0. The number of rotatable bonds is 1. The second-order valence-electron chi connectivity index (χ2n) is 2.43. The number of hydrogen-bond acceptors (Lipinski definition) is 3. The molecule has 0 aliphatic heterocycles. The highest BCUT2D eigenvalue weighted by Crippen LogP contribution is 2.33. The van der Waals surface area contributed by atoms with Gasteiger partial charge in [-0.05, 0) is 43.5 Å². The highest BCUT2D eigenvalue weighted by molar-refractivity contribution is 9.11. The lowest BCUT2D eigenvalue weighted by molar-refractivity contribution is 1.40. The van der Waals surface area contributed by atoms with E-state index in [-0.39, 0.29) is 0 Å². The largest absolute Gasteiger partial charge is 0.172 e. The van der Waals surface area contributed by atoms with E-state index < -0.39 is 0 Å². The zero-order chi connectivity index (χ0) is 9.42. The maximum Gasteiger partial charge on any atom is 0.120 e. The van der Waals surface area contributed by atoms with Crippen LogP contribution in [0.25, 0.3) is 11.0 Å². The second kappa shape index (κ2) is 3.92. The van der Waals surface area contributed by atoms with Gasteiger partial charge in [0.25, 0.3) is 0 Å². The fraction of sp³-hybridized carbons (Fsp3) is 0.143. The first-order valence-corrected chi connectivity index (χ1v) is 6.83. The zero-order valence-electron chi connectivity index (χ0n) is 6.22. The van der Waals surface area contributed by atoms with Crippen LogP contribution in [0.2, 0.25) is 0 Å². The molecule has 0 atom stereocenters. The van der Waals surface area contributed by atoms with Gasteiger partial charge in [-0.15, -0.1) is 0 Å². The lowest BCUT2D eigenvalue weighted by atomic mass is 10.2. The third kappa shape index (κ3) is 1.69. The molecule has 2 nitrogen and oxygen atoms in total. The van der Waals surface area contributed by atoms with Gasteiger partial charge < -0.3 is 0 Å². The van der Waals surface area contributed by atoms with Gasteiger partial charge in [0.1, 0.15) is 11.0 Å². The van der Waals surface area contributed by atoms with Gasteiger partial charge in [-0.2, -0.15) is 8.75 Å². The number of fused-ring (bicyclic) bond motifs is 1. The zero-order valence-corrected chi connectivity index (χ0v) is 11.8. The minimum Gasteiger partial charge on any atom is -0.172 e. The molecule has 1 heterocycles. The molecule has 0 saturated heterocycles. The standard InChI is InChI=1S/C7H3Br3N2S/c8-2-3-1-4(9)6-7(5(3)10)12-13-11-6/h1H,2H2. The predicted molar refractivity (Wildman–Crippen MR) is 65.4 cm³/mol. The van der Waals surface area contributed by atoms with Crippen molar-refractivity contribution in [2.24, 2.45) is 0 Å². The van der Waals surface area contributed by atoms with E-state index >= 15 is 0 Å². The van der Waals surface area contributed by atoms with Gasteiger partial charge in [-0.1, -0.05) is 15.9 Å². The molecule has 0 unspecified atom stereocenters. The fourth-order valence-electron chi connectivity index (χ4n) is 1.02. The van der Waals surface area contributed by atoms with Crippen molar-refractivity contribution >= 4 is 70.6 Å². The molecule has 1 aromatic heterocycles. The Bertz CT molecular complexity index is 454. The summed E-state index contributed by atoms with van der Waals surface area (Å²) in [5.41, 5.74) is 3.02. The van der Waals surface area contributed by atoms with Crippen molar-refractivity contribution in [2.45, 2.75) is 5.33 Å². The van der Waals surface area contributed by atoms with Gasteiger partial charge in [-0.3, -0.25) is 0 Å². The highest BCUT2D eigenvalue weighted by atomic mass is 79.9. The van der Waals surface area contributed by atoms with Crippen molar-refractivity contribution in [3.63, 3.8) is 0 Å². The van der Waals surface area contributed by atoms with Crippen molar-refractivity contribution < 1.29 is 0 Å². The molecule has 0 N–H and O–H groups in total. The average Bonchev–Trinajstić information content (AvgIpc) is 2.60. The van der Waals surface area contributed by atoms with Crippen molar-refractivity contribution in [2.75, 3.05) is 0 Å². The van der Waals surface area contributed by atoms with Crippen LogP contribution in [-0.2, 0) is 5.33 Å². The van der Waals surface area contributed by atoms with E-state index in [1.807, 2.05) is 6.07 Å². The van der Waals surface area contributed by atoms with Gasteiger partial charge in [0.05, 0.1) is 16.2 Å². The smallest absolute Gasteiger partial charge is 0.120 e. The van der Waals surface area contributed by atoms with Crippen LogP contribution in [0.15, 0.2) is 15.0 Å². The highest BCUT2D eigenvalue weighted by Gasteiger charge is 2.11. The van der Waals surface area contributed by atoms with Crippen LogP contribution in [0.1, 0.15) is 5.56 Å². The molecule has 0 amide bonds. The van der Waals surface area contributed by atoms with E-state index in [2.05, 4.69) is 56.5 Å². The molecule has 0 spiro atoms. The molecule has 0 aliphatic carbocycles. The van der Waals surface area contributed by atoms with E-state index in [0.29, 0.717) is 0 Å². The van der Waals surface area contributed by atoms with E-state index in [1.165, 1.54) is 17.3 Å². The van der Waals surface area contributed by atoms with Gasteiger partial charge in [0, 0.05) is 9.80 Å². The summed E-state index contributed by atoms with van der Waals surface area (Å²) in [4.78, 5) is 0. The van der Waals surface area contributed by atoms with E-state index in [9.17, 15) is 0 Å².